The number of hydrogen-bond acceptors (Lipinski definition) is 3. The van der Waals surface area contributed by atoms with Crippen LogP contribution in [-0.4, -0.2) is 17.2 Å². The standard InChI is InChI=1S/C36H52O3/c1-23(2)25-15-18-36(31(38)39-22-24-11-9-8-10-12-24)20-19-34(6)26(30(25)36)13-14-28-33(5)21-29(37)32(3,4)27(33)16-17-35(28,34)7/h8-12,25-30,37H,1,13-22H2,2-7H3/t25-,26+,27?,28+,29+,30+,33-,34+,35+,36-/m0/s1. The molecule has 5 aliphatic rings. The lowest BCUT2D eigenvalue weighted by Gasteiger charge is -2.70. The van der Waals surface area contributed by atoms with E-state index < -0.39 is 0 Å². The lowest BCUT2D eigenvalue weighted by atomic mass is 9.34. The van der Waals surface area contributed by atoms with E-state index in [9.17, 15) is 9.90 Å². The molecule has 0 heterocycles. The molecule has 1 aromatic carbocycles. The number of fused-ring (bicyclic) bond motifs is 7. The van der Waals surface area contributed by atoms with E-state index in [1.165, 1.54) is 31.3 Å². The molecule has 6 rings (SSSR count). The van der Waals surface area contributed by atoms with Gasteiger partial charge in [0, 0.05) is 0 Å². The smallest absolute Gasteiger partial charge is 0.312 e. The zero-order valence-electron chi connectivity index (χ0n) is 25.4. The zero-order chi connectivity index (χ0) is 28.0. The number of aliphatic hydroxyl groups excluding tert-OH is 1. The van der Waals surface area contributed by atoms with Gasteiger partial charge in [0.15, 0.2) is 0 Å². The number of hydrogen-bond donors (Lipinski definition) is 1. The fourth-order valence-electron chi connectivity index (χ4n) is 12.1. The topological polar surface area (TPSA) is 46.5 Å². The Labute approximate surface area is 237 Å². The van der Waals surface area contributed by atoms with Gasteiger partial charge < -0.3 is 9.84 Å². The van der Waals surface area contributed by atoms with E-state index in [0.29, 0.717) is 36.2 Å². The Morgan fingerprint density at radius 2 is 1.64 bits per heavy atom. The van der Waals surface area contributed by atoms with E-state index in [2.05, 4.69) is 48.1 Å². The molecule has 0 saturated heterocycles. The minimum absolute atomic E-state index is 0.00539. The van der Waals surface area contributed by atoms with Gasteiger partial charge in [-0.2, -0.15) is 0 Å². The molecule has 0 amide bonds. The van der Waals surface area contributed by atoms with E-state index in [1.807, 2.05) is 30.3 Å². The summed E-state index contributed by atoms with van der Waals surface area (Å²) in [6.45, 7) is 19.4. The van der Waals surface area contributed by atoms with Crippen molar-refractivity contribution in [3.8, 4) is 0 Å². The van der Waals surface area contributed by atoms with Crippen LogP contribution in [0.5, 0.6) is 0 Å². The summed E-state index contributed by atoms with van der Waals surface area (Å²) in [5.74, 6) is 2.50. The Morgan fingerprint density at radius 3 is 2.33 bits per heavy atom. The monoisotopic (exact) mass is 532 g/mol. The molecule has 5 fully saturated rings. The average Bonchev–Trinajstić information content (AvgIpc) is 3.37. The zero-order valence-corrected chi connectivity index (χ0v) is 25.4. The van der Waals surface area contributed by atoms with Crippen LogP contribution >= 0.6 is 0 Å². The maximum Gasteiger partial charge on any atom is 0.312 e. The third-order valence-electron chi connectivity index (χ3n) is 14.3. The van der Waals surface area contributed by atoms with Gasteiger partial charge in [0.05, 0.1) is 11.5 Å². The molecule has 1 aromatic rings. The number of aliphatic hydroxyl groups is 1. The Morgan fingerprint density at radius 1 is 0.923 bits per heavy atom. The summed E-state index contributed by atoms with van der Waals surface area (Å²) in [6.07, 6.45) is 9.67. The highest BCUT2D eigenvalue weighted by molar-refractivity contribution is 5.78. The quantitative estimate of drug-likeness (QED) is 0.313. The van der Waals surface area contributed by atoms with Crippen molar-refractivity contribution >= 4 is 5.97 Å². The van der Waals surface area contributed by atoms with Gasteiger partial charge in [-0.05, 0) is 122 Å². The molecule has 214 valence electrons. The van der Waals surface area contributed by atoms with Crippen molar-refractivity contribution in [2.24, 2.45) is 56.7 Å². The Hall–Kier alpha value is -1.61. The van der Waals surface area contributed by atoms with Crippen LogP contribution in [-0.2, 0) is 16.1 Å². The van der Waals surface area contributed by atoms with Crippen molar-refractivity contribution in [2.45, 2.75) is 112 Å². The van der Waals surface area contributed by atoms with Crippen molar-refractivity contribution in [1.29, 1.82) is 0 Å². The normalized spacial score (nSPS) is 47.9. The number of carbonyl (C=O) groups excluding carboxylic acids is 1. The molecule has 3 nitrogen and oxygen atoms in total. The molecule has 1 N–H and O–H groups in total. The molecule has 10 atom stereocenters. The van der Waals surface area contributed by atoms with Crippen LogP contribution < -0.4 is 0 Å². The van der Waals surface area contributed by atoms with Gasteiger partial charge in [-0.1, -0.05) is 77.1 Å². The Balaban J connectivity index is 1.34. The van der Waals surface area contributed by atoms with Gasteiger partial charge >= 0.3 is 5.97 Å². The molecule has 0 aromatic heterocycles. The maximum atomic E-state index is 14.1. The van der Waals surface area contributed by atoms with Crippen molar-refractivity contribution in [1.82, 2.24) is 0 Å². The van der Waals surface area contributed by atoms with Crippen LogP contribution in [0.2, 0.25) is 0 Å². The third kappa shape index (κ3) is 3.60. The van der Waals surface area contributed by atoms with Gasteiger partial charge in [-0.15, -0.1) is 0 Å². The maximum absolute atomic E-state index is 14.1. The van der Waals surface area contributed by atoms with Crippen molar-refractivity contribution in [2.75, 3.05) is 0 Å². The molecule has 5 saturated carbocycles. The first kappa shape index (κ1) is 27.6. The van der Waals surface area contributed by atoms with E-state index in [4.69, 9.17) is 4.74 Å². The highest BCUT2D eigenvalue weighted by Crippen LogP contribution is 2.78. The average molecular weight is 533 g/mol. The number of rotatable bonds is 4. The molecule has 0 bridgehead atoms. The highest BCUT2D eigenvalue weighted by atomic mass is 16.5. The summed E-state index contributed by atoms with van der Waals surface area (Å²) < 4.78 is 6.16. The van der Waals surface area contributed by atoms with Crippen molar-refractivity contribution in [3.63, 3.8) is 0 Å². The van der Waals surface area contributed by atoms with Crippen molar-refractivity contribution in [3.05, 3.63) is 48.0 Å². The van der Waals surface area contributed by atoms with Gasteiger partial charge in [0.2, 0.25) is 0 Å². The van der Waals surface area contributed by atoms with E-state index in [0.717, 1.165) is 37.7 Å². The number of ether oxygens (including phenoxy) is 1. The second-order valence-corrected chi connectivity index (χ2v) is 15.9. The summed E-state index contributed by atoms with van der Waals surface area (Å²) in [7, 11) is 0. The first-order chi connectivity index (χ1) is 18.3. The Bertz CT molecular complexity index is 1140. The fraction of sp³-hybridized carbons (Fsp3) is 0.750. The van der Waals surface area contributed by atoms with E-state index >= 15 is 0 Å². The molecule has 0 radical (unpaired) electrons. The number of esters is 1. The number of allylic oxidation sites excluding steroid dienone is 1. The minimum Gasteiger partial charge on any atom is -0.460 e. The van der Waals surface area contributed by atoms with Gasteiger partial charge in [-0.25, -0.2) is 0 Å². The lowest BCUT2D eigenvalue weighted by molar-refractivity contribution is -0.223. The molecule has 39 heavy (non-hydrogen) atoms. The second-order valence-electron chi connectivity index (χ2n) is 15.9. The second kappa shape index (κ2) is 8.94. The third-order valence-corrected chi connectivity index (χ3v) is 14.3. The van der Waals surface area contributed by atoms with Crippen LogP contribution in [0.1, 0.15) is 105 Å². The first-order valence-electron chi connectivity index (χ1n) is 15.9. The Kier molecular flexibility index (Phi) is 6.32. The lowest BCUT2D eigenvalue weighted by Crippen LogP contribution is -2.64. The predicted molar refractivity (Wildman–Crippen MR) is 157 cm³/mol. The molecule has 0 aliphatic heterocycles. The number of benzene rings is 1. The van der Waals surface area contributed by atoms with Crippen LogP contribution in [0.3, 0.4) is 0 Å². The van der Waals surface area contributed by atoms with Crippen LogP contribution in [0.15, 0.2) is 42.5 Å². The van der Waals surface area contributed by atoms with Gasteiger partial charge in [-0.3, -0.25) is 4.79 Å². The van der Waals surface area contributed by atoms with E-state index in [1.54, 1.807) is 0 Å². The van der Waals surface area contributed by atoms with Crippen LogP contribution in [0.4, 0.5) is 0 Å². The molecular formula is C36H52O3. The van der Waals surface area contributed by atoms with E-state index in [-0.39, 0.29) is 39.1 Å². The first-order valence-corrected chi connectivity index (χ1v) is 15.9. The highest BCUT2D eigenvalue weighted by Gasteiger charge is 2.73. The minimum atomic E-state index is -0.377. The summed E-state index contributed by atoms with van der Waals surface area (Å²) in [4.78, 5) is 14.1. The van der Waals surface area contributed by atoms with Gasteiger partial charge in [0.1, 0.15) is 6.61 Å². The van der Waals surface area contributed by atoms with Crippen molar-refractivity contribution < 1.29 is 14.6 Å². The SMILES string of the molecule is C=C(C)[C@@H]1CC[C@]2(C(=O)OCc3ccccc3)CC[C@]3(C)[C@H](CC[C@@H]4[C@@]5(C)C[C@@H](O)C(C)(C)C5CC[C@]43C)[C@@H]12. The predicted octanol–water partition coefficient (Wildman–Crippen LogP) is 8.36. The van der Waals surface area contributed by atoms with Crippen LogP contribution in [0, 0.1) is 56.7 Å². The molecule has 3 heteroatoms. The molecule has 5 aliphatic carbocycles. The van der Waals surface area contributed by atoms with Gasteiger partial charge in [0.25, 0.3) is 0 Å². The summed E-state index contributed by atoms with van der Waals surface area (Å²) in [5.41, 5.74) is 2.54. The summed E-state index contributed by atoms with van der Waals surface area (Å²) in [5, 5.41) is 11.2. The molecule has 1 unspecified atom stereocenters. The van der Waals surface area contributed by atoms with Crippen LogP contribution in [0.25, 0.3) is 0 Å². The molecular weight excluding hydrogens is 480 g/mol. The largest absolute Gasteiger partial charge is 0.460 e. The fourth-order valence-corrected chi connectivity index (χ4v) is 12.1. The summed E-state index contributed by atoms with van der Waals surface area (Å²) in [6, 6.07) is 10.1. The summed E-state index contributed by atoms with van der Waals surface area (Å²) >= 11 is 0. The molecule has 0 spiro atoms. The number of carbonyl (C=O) groups is 1.